The summed E-state index contributed by atoms with van der Waals surface area (Å²) in [6.45, 7) is 5.79. The molecule has 1 amide bonds. The van der Waals surface area contributed by atoms with Crippen LogP contribution in [0.5, 0.6) is 5.75 Å². The highest BCUT2D eigenvalue weighted by atomic mass is 32.2. The molecule has 0 aromatic heterocycles. The third kappa shape index (κ3) is 5.96. The van der Waals surface area contributed by atoms with Crippen molar-refractivity contribution in [1.82, 2.24) is 9.62 Å². The van der Waals surface area contributed by atoms with Crippen LogP contribution in [0.3, 0.4) is 0 Å². The van der Waals surface area contributed by atoms with Gasteiger partial charge in [0.05, 0.1) is 30.9 Å². The third-order valence-electron chi connectivity index (χ3n) is 3.84. The largest absolute Gasteiger partial charge is 0.495 e. The van der Waals surface area contributed by atoms with Crippen molar-refractivity contribution in [2.45, 2.75) is 18.2 Å². The highest BCUT2D eigenvalue weighted by molar-refractivity contribution is 7.89. The second kappa shape index (κ2) is 9.14. The summed E-state index contributed by atoms with van der Waals surface area (Å²) in [6, 6.07) is 4.36. The van der Waals surface area contributed by atoms with Crippen LogP contribution in [0.2, 0.25) is 0 Å². The molecule has 0 unspecified atom stereocenters. The molecule has 2 rings (SSSR count). The normalized spacial score (nSPS) is 15.8. The predicted molar refractivity (Wildman–Crippen MR) is 94.4 cm³/mol. The lowest BCUT2D eigenvalue weighted by molar-refractivity contribution is -0.114. The molecule has 0 spiro atoms. The molecule has 1 fully saturated rings. The van der Waals surface area contributed by atoms with Crippen molar-refractivity contribution in [3.63, 3.8) is 0 Å². The number of nitrogens with zero attached hydrogens (tertiary/aromatic N) is 1. The van der Waals surface area contributed by atoms with Gasteiger partial charge in [0.2, 0.25) is 15.9 Å². The maximum absolute atomic E-state index is 12.4. The van der Waals surface area contributed by atoms with E-state index in [1.807, 2.05) is 0 Å². The van der Waals surface area contributed by atoms with Crippen LogP contribution in [0, 0.1) is 0 Å². The van der Waals surface area contributed by atoms with E-state index in [9.17, 15) is 13.2 Å². The minimum atomic E-state index is -3.63. The average molecular weight is 371 g/mol. The van der Waals surface area contributed by atoms with E-state index in [4.69, 9.17) is 9.47 Å². The molecule has 8 nitrogen and oxygen atoms in total. The number of rotatable bonds is 8. The van der Waals surface area contributed by atoms with E-state index in [0.717, 1.165) is 39.3 Å². The van der Waals surface area contributed by atoms with Gasteiger partial charge in [0.25, 0.3) is 0 Å². The molecule has 1 aliphatic heterocycles. The molecular formula is C16H25N3O5S. The topological polar surface area (TPSA) is 97.0 Å². The quantitative estimate of drug-likeness (QED) is 0.652. The Labute approximate surface area is 148 Å². The summed E-state index contributed by atoms with van der Waals surface area (Å²) in [5.41, 5.74) is 0.432. The molecule has 1 aromatic rings. The van der Waals surface area contributed by atoms with Crippen LogP contribution >= 0.6 is 0 Å². The first kappa shape index (κ1) is 19.6. The van der Waals surface area contributed by atoms with Crippen molar-refractivity contribution in [2.24, 2.45) is 0 Å². The summed E-state index contributed by atoms with van der Waals surface area (Å²) >= 11 is 0. The molecule has 2 N–H and O–H groups in total. The van der Waals surface area contributed by atoms with Crippen LogP contribution in [-0.4, -0.2) is 65.7 Å². The van der Waals surface area contributed by atoms with E-state index in [1.165, 1.54) is 32.2 Å². The fourth-order valence-corrected chi connectivity index (χ4v) is 3.64. The number of morpholine rings is 1. The van der Waals surface area contributed by atoms with Crippen molar-refractivity contribution >= 4 is 21.6 Å². The maximum Gasteiger partial charge on any atom is 0.240 e. The molecular weight excluding hydrogens is 346 g/mol. The van der Waals surface area contributed by atoms with Crippen molar-refractivity contribution in [2.75, 3.05) is 51.8 Å². The monoisotopic (exact) mass is 371 g/mol. The SMILES string of the molecule is COc1cc(S(=O)(=O)NCCCN2CCOCC2)ccc1NC(C)=O. The molecule has 0 aliphatic carbocycles. The summed E-state index contributed by atoms with van der Waals surface area (Å²) in [7, 11) is -2.20. The second-order valence-corrected chi connectivity index (χ2v) is 7.52. The molecule has 1 aliphatic rings. The first-order valence-electron chi connectivity index (χ1n) is 8.18. The van der Waals surface area contributed by atoms with Gasteiger partial charge in [0.1, 0.15) is 5.75 Å². The summed E-state index contributed by atoms with van der Waals surface area (Å²) in [5, 5.41) is 2.60. The lowest BCUT2D eigenvalue weighted by Crippen LogP contribution is -2.38. The van der Waals surface area contributed by atoms with Crippen LogP contribution in [0.1, 0.15) is 13.3 Å². The van der Waals surface area contributed by atoms with Gasteiger partial charge < -0.3 is 14.8 Å². The zero-order valence-electron chi connectivity index (χ0n) is 14.6. The Balaban J connectivity index is 1.92. The lowest BCUT2D eigenvalue weighted by Gasteiger charge is -2.26. The van der Waals surface area contributed by atoms with Gasteiger partial charge in [0.15, 0.2) is 0 Å². The molecule has 1 aromatic carbocycles. The van der Waals surface area contributed by atoms with Crippen molar-refractivity contribution in [3.8, 4) is 5.75 Å². The predicted octanol–water partition coefficient (Wildman–Crippen LogP) is 0.654. The summed E-state index contributed by atoms with van der Waals surface area (Å²) in [4.78, 5) is 13.5. The van der Waals surface area contributed by atoms with Gasteiger partial charge in [-0.3, -0.25) is 9.69 Å². The van der Waals surface area contributed by atoms with E-state index in [0.29, 0.717) is 18.0 Å². The molecule has 0 atom stereocenters. The Hall–Kier alpha value is -1.68. The van der Waals surface area contributed by atoms with Gasteiger partial charge in [0, 0.05) is 32.6 Å². The average Bonchev–Trinajstić information content (AvgIpc) is 2.59. The fraction of sp³-hybridized carbons (Fsp3) is 0.562. The van der Waals surface area contributed by atoms with Gasteiger partial charge in [-0.05, 0) is 25.1 Å². The molecule has 0 saturated carbocycles. The van der Waals surface area contributed by atoms with Crippen LogP contribution in [0.15, 0.2) is 23.1 Å². The molecule has 1 heterocycles. The van der Waals surface area contributed by atoms with E-state index in [1.54, 1.807) is 0 Å². The fourth-order valence-electron chi connectivity index (χ4n) is 2.55. The number of carbonyl (C=O) groups is 1. The third-order valence-corrected chi connectivity index (χ3v) is 5.30. The van der Waals surface area contributed by atoms with Crippen LogP contribution < -0.4 is 14.8 Å². The summed E-state index contributed by atoms with van der Waals surface area (Å²) in [6.07, 6.45) is 0.723. The number of amides is 1. The van der Waals surface area contributed by atoms with Gasteiger partial charge in [-0.2, -0.15) is 0 Å². The first-order valence-corrected chi connectivity index (χ1v) is 9.66. The van der Waals surface area contributed by atoms with Crippen molar-refractivity contribution in [1.29, 1.82) is 0 Å². The number of carbonyl (C=O) groups excluding carboxylic acids is 1. The van der Waals surface area contributed by atoms with Gasteiger partial charge in [-0.15, -0.1) is 0 Å². The van der Waals surface area contributed by atoms with Crippen LogP contribution in [0.4, 0.5) is 5.69 Å². The molecule has 25 heavy (non-hydrogen) atoms. The number of ether oxygens (including phenoxy) is 2. The summed E-state index contributed by atoms with van der Waals surface area (Å²) < 4.78 is 37.8. The molecule has 140 valence electrons. The van der Waals surface area contributed by atoms with E-state index in [-0.39, 0.29) is 10.8 Å². The standard InChI is InChI=1S/C16H25N3O5S/c1-13(20)18-15-5-4-14(12-16(15)23-2)25(21,22)17-6-3-7-19-8-10-24-11-9-19/h4-5,12,17H,3,6-11H2,1-2H3,(H,18,20). The smallest absolute Gasteiger partial charge is 0.240 e. The number of sulfonamides is 1. The molecule has 0 bridgehead atoms. The van der Waals surface area contributed by atoms with E-state index in [2.05, 4.69) is 14.9 Å². The molecule has 9 heteroatoms. The minimum Gasteiger partial charge on any atom is -0.495 e. The number of nitrogens with one attached hydrogen (secondary N) is 2. The highest BCUT2D eigenvalue weighted by Gasteiger charge is 2.17. The Kier molecular flexibility index (Phi) is 7.18. The number of methoxy groups -OCH3 is 1. The van der Waals surface area contributed by atoms with Gasteiger partial charge in [-0.25, -0.2) is 13.1 Å². The Morgan fingerprint density at radius 3 is 2.68 bits per heavy atom. The van der Waals surface area contributed by atoms with Gasteiger partial charge >= 0.3 is 0 Å². The number of hydrogen-bond acceptors (Lipinski definition) is 6. The first-order chi connectivity index (χ1) is 11.9. The van der Waals surface area contributed by atoms with Gasteiger partial charge in [-0.1, -0.05) is 0 Å². The molecule has 0 radical (unpaired) electrons. The lowest BCUT2D eigenvalue weighted by atomic mass is 10.3. The van der Waals surface area contributed by atoms with Crippen LogP contribution in [0.25, 0.3) is 0 Å². The number of benzene rings is 1. The minimum absolute atomic E-state index is 0.102. The van der Waals surface area contributed by atoms with Crippen molar-refractivity contribution in [3.05, 3.63) is 18.2 Å². The Morgan fingerprint density at radius 1 is 1.32 bits per heavy atom. The zero-order valence-corrected chi connectivity index (χ0v) is 15.4. The Bertz CT molecular complexity index is 687. The number of hydrogen-bond donors (Lipinski definition) is 2. The zero-order chi connectivity index (χ0) is 18.3. The molecule has 1 saturated heterocycles. The van der Waals surface area contributed by atoms with Crippen molar-refractivity contribution < 1.29 is 22.7 Å². The maximum atomic E-state index is 12.4. The second-order valence-electron chi connectivity index (χ2n) is 5.75. The van der Waals surface area contributed by atoms with E-state index >= 15 is 0 Å². The Morgan fingerprint density at radius 2 is 2.04 bits per heavy atom. The van der Waals surface area contributed by atoms with E-state index < -0.39 is 10.0 Å². The summed E-state index contributed by atoms with van der Waals surface area (Å²) in [5.74, 6) is 0.0431. The number of anilines is 1. The highest BCUT2D eigenvalue weighted by Crippen LogP contribution is 2.27. The van der Waals surface area contributed by atoms with Crippen LogP contribution in [-0.2, 0) is 19.6 Å².